The number of H-pyrrole nitrogens is 1. The number of nitrogens with one attached hydrogen (secondary N) is 1. The molecular formula is C19H21N5O2. The maximum Gasteiger partial charge on any atom is 0.272 e. The van der Waals surface area contributed by atoms with Crippen LogP contribution in [-0.2, 0) is 11.2 Å². The van der Waals surface area contributed by atoms with Gasteiger partial charge in [0.05, 0.1) is 24.9 Å². The molecule has 3 heterocycles. The van der Waals surface area contributed by atoms with Crippen LogP contribution in [0.2, 0.25) is 0 Å². The molecule has 1 N–H and O–H groups in total. The molecule has 134 valence electrons. The number of benzene rings is 1. The standard InChI is InChI=1S/C19H21N5O2/c1-13-20-5-4-18(22-13)19(25)24-6-7-26-12-15(11-24)8-14-2-3-17-16(9-14)10-21-23-17/h2-5,9-10,15H,6-8,11-12H2,1H3,(H,21,23)/t15-/m0/s1. The van der Waals surface area contributed by atoms with E-state index in [1.165, 1.54) is 5.56 Å². The van der Waals surface area contributed by atoms with Gasteiger partial charge in [-0.05, 0) is 37.1 Å². The van der Waals surface area contributed by atoms with Gasteiger partial charge in [-0.1, -0.05) is 6.07 Å². The quantitative estimate of drug-likeness (QED) is 0.780. The Hall–Kier alpha value is -2.80. The number of nitrogens with zero attached hydrogens (tertiary/aromatic N) is 4. The number of carbonyl (C=O) groups is 1. The molecule has 1 aromatic carbocycles. The minimum atomic E-state index is -0.0590. The Labute approximate surface area is 151 Å². The van der Waals surface area contributed by atoms with Crippen LogP contribution in [0.25, 0.3) is 10.9 Å². The third kappa shape index (κ3) is 3.57. The number of carbonyl (C=O) groups excluding carboxylic acids is 1. The minimum absolute atomic E-state index is 0.0590. The Balaban J connectivity index is 1.49. The molecule has 3 aromatic rings. The second kappa shape index (κ2) is 7.21. The van der Waals surface area contributed by atoms with Crippen molar-refractivity contribution in [3.8, 4) is 0 Å². The predicted molar refractivity (Wildman–Crippen MR) is 96.8 cm³/mol. The van der Waals surface area contributed by atoms with Gasteiger partial charge in [0.25, 0.3) is 5.91 Å². The van der Waals surface area contributed by atoms with E-state index in [1.807, 2.05) is 17.2 Å². The van der Waals surface area contributed by atoms with Crippen LogP contribution in [0.4, 0.5) is 0 Å². The van der Waals surface area contributed by atoms with E-state index in [-0.39, 0.29) is 11.8 Å². The Morgan fingerprint density at radius 3 is 3.19 bits per heavy atom. The number of aryl methyl sites for hydroxylation is 1. The van der Waals surface area contributed by atoms with E-state index in [4.69, 9.17) is 4.74 Å². The summed E-state index contributed by atoms with van der Waals surface area (Å²) in [7, 11) is 0. The van der Waals surface area contributed by atoms with Gasteiger partial charge in [-0.3, -0.25) is 9.89 Å². The molecular weight excluding hydrogens is 330 g/mol. The van der Waals surface area contributed by atoms with Crippen LogP contribution in [-0.4, -0.2) is 57.3 Å². The summed E-state index contributed by atoms with van der Waals surface area (Å²) in [6.07, 6.45) is 4.31. The fourth-order valence-corrected chi connectivity index (χ4v) is 3.38. The zero-order valence-electron chi connectivity index (χ0n) is 14.7. The normalized spacial score (nSPS) is 18.0. The highest BCUT2D eigenvalue weighted by atomic mass is 16.5. The van der Waals surface area contributed by atoms with Crippen molar-refractivity contribution in [1.82, 2.24) is 25.1 Å². The lowest BCUT2D eigenvalue weighted by molar-refractivity contribution is 0.0731. The summed E-state index contributed by atoms with van der Waals surface area (Å²) in [5, 5.41) is 8.13. The molecule has 1 saturated heterocycles. The van der Waals surface area contributed by atoms with Gasteiger partial charge in [0.15, 0.2) is 0 Å². The maximum atomic E-state index is 12.8. The first-order valence-corrected chi connectivity index (χ1v) is 8.78. The summed E-state index contributed by atoms with van der Waals surface area (Å²) in [6, 6.07) is 7.96. The molecule has 26 heavy (non-hydrogen) atoms. The SMILES string of the molecule is Cc1nccc(C(=O)N2CCOC[C@@H](Cc3ccc4[nH]ncc4c3)C2)n1. The Morgan fingerprint density at radius 1 is 1.38 bits per heavy atom. The highest BCUT2D eigenvalue weighted by molar-refractivity contribution is 5.92. The molecule has 0 unspecified atom stereocenters. The first-order chi connectivity index (χ1) is 12.7. The monoisotopic (exact) mass is 351 g/mol. The molecule has 0 saturated carbocycles. The van der Waals surface area contributed by atoms with E-state index < -0.39 is 0 Å². The average Bonchev–Trinajstić information content (AvgIpc) is 2.99. The fraction of sp³-hybridized carbons (Fsp3) is 0.368. The van der Waals surface area contributed by atoms with Gasteiger partial charge in [-0.25, -0.2) is 9.97 Å². The van der Waals surface area contributed by atoms with E-state index in [0.717, 1.165) is 17.3 Å². The lowest BCUT2D eigenvalue weighted by Gasteiger charge is -2.23. The molecule has 0 bridgehead atoms. The van der Waals surface area contributed by atoms with Crippen molar-refractivity contribution in [3.63, 3.8) is 0 Å². The summed E-state index contributed by atoms with van der Waals surface area (Å²) in [5.41, 5.74) is 2.69. The van der Waals surface area contributed by atoms with Crippen molar-refractivity contribution in [2.45, 2.75) is 13.3 Å². The predicted octanol–water partition coefficient (Wildman–Crippen LogP) is 1.99. The van der Waals surface area contributed by atoms with Gasteiger partial charge in [-0.2, -0.15) is 5.10 Å². The molecule has 7 heteroatoms. The van der Waals surface area contributed by atoms with Crippen molar-refractivity contribution in [2.75, 3.05) is 26.3 Å². The molecule has 7 nitrogen and oxygen atoms in total. The number of amides is 1. The second-order valence-corrected chi connectivity index (χ2v) is 6.68. The number of hydrogen-bond donors (Lipinski definition) is 1. The zero-order chi connectivity index (χ0) is 17.9. The molecule has 1 atom stereocenters. The summed E-state index contributed by atoms with van der Waals surface area (Å²) in [4.78, 5) is 23.0. The Bertz CT molecular complexity index is 923. The molecule has 0 aliphatic carbocycles. The molecule has 0 spiro atoms. The van der Waals surface area contributed by atoms with Gasteiger partial charge >= 0.3 is 0 Å². The van der Waals surface area contributed by atoms with Crippen LogP contribution in [0.3, 0.4) is 0 Å². The third-order valence-electron chi connectivity index (χ3n) is 4.65. The summed E-state index contributed by atoms with van der Waals surface area (Å²) >= 11 is 0. The van der Waals surface area contributed by atoms with E-state index in [9.17, 15) is 4.79 Å². The Kier molecular flexibility index (Phi) is 4.62. The highest BCUT2D eigenvalue weighted by Gasteiger charge is 2.24. The largest absolute Gasteiger partial charge is 0.379 e. The van der Waals surface area contributed by atoms with Crippen LogP contribution in [0.1, 0.15) is 21.9 Å². The van der Waals surface area contributed by atoms with Crippen LogP contribution in [0, 0.1) is 12.8 Å². The second-order valence-electron chi connectivity index (χ2n) is 6.68. The van der Waals surface area contributed by atoms with Crippen molar-refractivity contribution < 1.29 is 9.53 Å². The van der Waals surface area contributed by atoms with Crippen molar-refractivity contribution >= 4 is 16.8 Å². The fourth-order valence-electron chi connectivity index (χ4n) is 3.38. The minimum Gasteiger partial charge on any atom is -0.379 e. The van der Waals surface area contributed by atoms with Gasteiger partial charge in [0.2, 0.25) is 0 Å². The van der Waals surface area contributed by atoms with E-state index in [2.05, 4.69) is 32.3 Å². The lowest BCUT2D eigenvalue weighted by atomic mass is 9.98. The van der Waals surface area contributed by atoms with Gasteiger partial charge in [-0.15, -0.1) is 0 Å². The maximum absolute atomic E-state index is 12.8. The molecule has 4 rings (SSSR count). The van der Waals surface area contributed by atoms with E-state index in [0.29, 0.717) is 37.8 Å². The van der Waals surface area contributed by atoms with Crippen LogP contribution in [0.5, 0.6) is 0 Å². The summed E-state index contributed by atoms with van der Waals surface area (Å²) < 4.78 is 5.75. The molecule has 1 amide bonds. The zero-order valence-corrected chi connectivity index (χ0v) is 14.7. The van der Waals surface area contributed by atoms with Crippen molar-refractivity contribution in [2.24, 2.45) is 5.92 Å². The topological polar surface area (TPSA) is 84.0 Å². The molecule has 1 aliphatic rings. The number of ether oxygens (including phenoxy) is 1. The average molecular weight is 351 g/mol. The van der Waals surface area contributed by atoms with Gasteiger partial charge in [0.1, 0.15) is 11.5 Å². The highest BCUT2D eigenvalue weighted by Crippen LogP contribution is 2.19. The number of fused-ring (bicyclic) bond motifs is 1. The van der Waals surface area contributed by atoms with Crippen LogP contribution >= 0.6 is 0 Å². The summed E-state index contributed by atoms with van der Waals surface area (Å²) in [5.74, 6) is 0.789. The smallest absolute Gasteiger partial charge is 0.272 e. The molecule has 0 radical (unpaired) electrons. The van der Waals surface area contributed by atoms with Crippen LogP contribution < -0.4 is 0 Å². The van der Waals surface area contributed by atoms with E-state index >= 15 is 0 Å². The van der Waals surface area contributed by atoms with Gasteiger partial charge < -0.3 is 9.64 Å². The molecule has 1 fully saturated rings. The van der Waals surface area contributed by atoms with E-state index in [1.54, 1.807) is 19.2 Å². The van der Waals surface area contributed by atoms with Crippen molar-refractivity contribution in [3.05, 3.63) is 53.7 Å². The first-order valence-electron chi connectivity index (χ1n) is 8.78. The molecule has 1 aliphatic heterocycles. The molecule has 2 aromatic heterocycles. The Morgan fingerprint density at radius 2 is 2.31 bits per heavy atom. The number of aromatic amines is 1. The van der Waals surface area contributed by atoms with Crippen LogP contribution in [0.15, 0.2) is 36.7 Å². The van der Waals surface area contributed by atoms with Crippen molar-refractivity contribution in [1.29, 1.82) is 0 Å². The number of rotatable bonds is 3. The lowest BCUT2D eigenvalue weighted by Crippen LogP contribution is -2.37. The number of hydrogen-bond acceptors (Lipinski definition) is 5. The number of aromatic nitrogens is 4. The first kappa shape index (κ1) is 16.7. The van der Waals surface area contributed by atoms with Gasteiger partial charge in [0, 0.05) is 30.6 Å². The third-order valence-corrected chi connectivity index (χ3v) is 4.65. The summed E-state index contributed by atoms with van der Waals surface area (Å²) in [6.45, 7) is 4.23.